The Kier molecular flexibility index (Phi) is 2.16. The third-order valence-electron chi connectivity index (χ3n) is 1.50. The maximum absolute atomic E-state index is 5.91. The van der Waals surface area contributed by atoms with Crippen LogP contribution in [-0.2, 0) is 0 Å². The van der Waals surface area contributed by atoms with Gasteiger partial charge < -0.3 is 0 Å². The Balaban J connectivity index is 2.57. The summed E-state index contributed by atoms with van der Waals surface area (Å²) in [6, 6.07) is 5.10. The fraction of sp³-hybridized carbons (Fsp3) is 0. The van der Waals surface area contributed by atoms with Gasteiger partial charge in [-0.3, -0.25) is 0 Å². The fourth-order valence-corrected chi connectivity index (χ4v) is 1.30. The fourth-order valence-electron chi connectivity index (χ4n) is 0.933. The number of nitrogens with zero attached hydrogens (tertiary/aromatic N) is 4. The molecule has 0 saturated carbocycles. The second kappa shape index (κ2) is 3.32. The smallest absolute Gasteiger partial charge is 0.143 e. The first-order valence-electron chi connectivity index (χ1n) is 3.46. The van der Waals surface area contributed by atoms with Crippen molar-refractivity contribution in [2.45, 2.75) is 0 Å². The lowest BCUT2D eigenvalue weighted by atomic mass is 10.3. The van der Waals surface area contributed by atoms with E-state index in [4.69, 9.17) is 23.2 Å². The summed E-state index contributed by atoms with van der Waals surface area (Å²) in [5.74, 6) is 0. The Hall–Kier alpha value is -1.13. The monoisotopic (exact) mass is 214 g/mol. The number of hydrogen-bond donors (Lipinski definition) is 0. The van der Waals surface area contributed by atoms with Gasteiger partial charge >= 0.3 is 0 Å². The van der Waals surface area contributed by atoms with Crippen molar-refractivity contribution in [3.05, 3.63) is 34.6 Å². The predicted octanol–water partition coefficient (Wildman–Crippen LogP) is 1.97. The van der Waals surface area contributed by atoms with Gasteiger partial charge in [0.15, 0.2) is 0 Å². The molecule has 0 aliphatic heterocycles. The molecule has 0 amide bonds. The summed E-state index contributed by atoms with van der Waals surface area (Å²) in [6.07, 6.45) is 1.46. The van der Waals surface area contributed by atoms with Crippen LogP contribution in [0.15, 0.2) is 24.5 Å². The first-order valence-corrected chi connectivity index (χ1v) is 4.21. The predicted molar refractivity (Wildman–Crippen MR) is 49.2 cm³/mol. The van der Waals surface area contributed by atoms with Gasteiger partial charge in [-0.25, -0.2) is 0 Å². The molecule has 1 aromatic carbocycles. The number of tetrazole rings is 1. The van der Waals surface area contributed by atoms with Crippen LogP contribution in [0.2, 0.25) is 10.0 Å². The quantitative estimate of drug-likeness (QED) is 0.730. The van der Waals surface area contributed by atoms with Gasteiger partial charge in [0.1, 0.15) is 6.33 Å². The maximum Gasteiger partial charge on any atom is 0.143 e. The van der Waals surface area contributed by atoms with Crippen LogP contribution in [-0.4, -0.2) is 20.2 Å². The molecule has 6 heteroatoms. The van der Waals surface area contributed by atoms with Crippen LogP contribution in [0.25, 0.3) is 5.69 Å². The van der Waals surface area contributed by atoms with Crippen molar-refractivity contribution in [2.75, 3.05) is 0 Å². The molecule has 4 nitrogen and oxygen atoms in total. The van der Waals surface area contributed by atoms with E-state index in [1.165, 1.54) is 11.0 Å². The Morgan fingerprint density at radius 2 is 2.08 bits per heavy atom. The van der Waals surface area contributed by atoms with Crippen molar-refractivity contribution in [2.24, 2.45) is 0 Å². The van der Waals surface area contributed by atoms with Gasteiger partial charge in [-0.2, -0.15) is 4.68 Å². The lowest BCUT2D eigenvalue weighted by Gasteiger charge is -2.01. The molecule has 0 fully saturated rings. The van der Waals surface area contributed by atoms with Crippen LogP contribution in [0.5, 0.6) is 0 Å². The lowest BCUT2D eigenvalue weighted by molar-refractivity contribution is 0.789. The molecule has 66 valence electrons. The van der Waals surface area contributed by atoms with Crippen molar-refractivity contribution in [3.8, 4) is 5.69 Å². The molecule has 0 bridgehead atoms. The van der Waals surface area contributed by atoms with Crippen molar-refractivity contribution < 1.29 is 0 Å². The third-order valence-corrected chi connectivity index (χ3v) is 2.06. The summed E-state index contributed by atoms with van der Waals surface area (Å²) < 4.78 is 1.45. The second-order valence-electron chi connectivity index (χ2n) is 2.35. The lowest BCUT2D eigenvalue weighted by Crippen LogP contribution is -1.95. The molecule has 0 aliphatic carbocycles. The van der Waals surface area contributed by atoms with Gasteiger partial charge in [-0.15, -0.1) is 5.10 Å². The Morgan fingerprint density at radius 3 is 2.77 bits per heavy atom. The zero-order valence-electron chi connectivity index (χ0n) is 6.35. The number of halogens is 2. The molecule has 0 saturated heterocycles. The molecule has 1 heterocycles. The van der Waals surface area contributed by atoms with E-state index in [1.54, 1.807) is 18.2 Å². The van der Waals surface area contributed by atoms with Crippen molar-refractivity contribution in [3.63, 3.8) is 0 Å². The van der Waals surface area contributed by atoms with Crippen molar-refractivity contribution >= 4 is 23.2 Å². The minimum Gasteiger partial charge on any atom is -0.199 e. The molecule has 2 aromatic rings. The van der Waals surface area contributed by atoms with E-state index in [9.17, 15) is 0 Å². The highest BCUT2D eigenvalue weighted by Gasteiger charge is 2.04. The van der Waals surface area contributed by atoms with Crippen LogP contribution in [0.3, 0.4) is 0 Å². The molecule has 13 heavy (non-hydrogen) atoms. The van der Waals surface area contributed by atoms with Crippen molar-refractivity contribution in [1.29, 1.82) is 0 Å². The minimum absolute atomic E-state index is 0.553. The number of rotatable bonds is 1. The average Bonchev–Trinajstić information content (AvgIpc) is 2.61. The third kappa shape index (κ3) is 1.64. The topological polar surface area (TPSA) is 43.6 Å². The molecule has 0 atom stereocenters. The molecule has 2 rings (SSSR count). The highest BCUT2D eigenvalue weighted by atomic mass is 35.5. The van der Waals surface area contributed by atoms with E-state index >= 15 is 0 Å². The summed E-state index contributed by atoms with van der Waals surface area (Å²) >= 11 is 11.7. The summed E-state index contributed by atoms with van der Waals surface area (Å²) in [6.45, 7) is 0. The zero-order chi connectivity index (χ0) is 9.26. The zero-order valence-corrected chi connectivity index (χ0v) is 7.87. The Labute approximate surface area is 84.1 Å². The van der Waals surface area contributed by atoms with Gasteiger partial charge in [-0.05, 0) is 28.6 Å². The molecule has 0 aliphatic rings. The standard InChI is InChI=1S/C7H4Cl2N4/c8-5-1-2-6(9)7(3-5)13-4-10-11-12-13/h1-4H. The average molecular weight is 215 g/mol. The van der Waals surface area contributed by atoms with E-state index < -0.39 is 0 Å². The van der Waals surface area contributed by atoms with Gasteiger partial charge in [-0.1, -0.05) is 23.2 Å². The number of benzene rings is 1. The van der Waals surface area contributed by atoms with Crippen LogP contribution < -0.4 is 0 Å². The Bertz CT molecular complexity index is 412. The Morgan fingerprint density at radius 1 is 1.23 bits per heavy atom. The van der Waals surface area contributed by atoms with Crippen molar-refractivity contribution in [1.82, 2.24) is 20.2 Å². The number of hydrogen-bond acceptors (Lipinski definition) is 3. The highest BCUT2D eigenvalue weighted by Crippen LogP contribution is 2.22. The van der Waals surface area contributed by atoms with Crippen LogP contribution in [0, 0.1) is 0 Å². The summed E-state index contributed by atoms with van der Waals surface area (Å²) in [5, 5.41) is 11.8. The molecule has 0 spiro atoms. The molecule has 0 unspecified atom stereocenters. The van der Waals surface area contributed by atoms with Gasteiger partial charge in [0.05, 0.1) is 10.7 Å². The van der Waals surface area contributed by atoms with Gasteiger partial charge in [0.2, 0.25) is 0 Å². The maximum atomic E-state index is 5.91. The normalized spacial score (nSPS) is 10.3. The largest absolute Gasteiger partial charge is 0.199 e. The SMILES string of the molecule is Clc1ccc(Cl)c(-n2cnnn2)c1. The molecular weight excluding hydrogens is 211 g/mol. The minimum atomic E-state index is 0.553. The van der Waals surface area contributed by atoms with E-state index in [1.807, 2.05) is 0 Å². The summed E-state index contributed by atoms with van der Waals surface area (Å²) in [4.78, 5) is 0. The molecule has 1 aromatic heterocycles. The van der Waals surface area contributed by atoms with E-state index in [2.05, 4.69) is 15.5 Å². The van der Waals surface area contributed by atoms with Crippen LogP contribution in [0.4, 0.5) is 0 Å². The van der Waals surface area contributed by atoms with Crippen LogP contribution >= 0.6 is 23.2 Å². The molecular formula is C7H4Cl2N4. The van der Waals surface area contributed by atoms with Gasteiger partial charge in [0, 0.05) is 5.02 Å². The highest BCUT2D eigenvalue weighted by molar-refractivity contribution is 6.34. The first-order chi connectivity index (χ1) is 6.27. The summed E-state index contributed by atoms with van der Waals surface area (Å²) in [7, 11) is 0. The van der Waals surface area contributed by atoms with E-state index in [0.717, 1.165) is 0 Å². The van der Waals surface area contributed by atoms with Gasteiger partial charge in [0.25, 0.3) is 0 Å². The molecule has 0 N–H and O–H groups in total. The molecule has 0 radical (unpaired) electrons. The second-order valence-corrected chi connectivity index (χ2v) is 3.19. The van der Waals surface area contributed by atoms with E-state index in [-0.39, 0.29) is 0 Å². The number of aromatic nitrogens is 4. The van der Waals surface area contributed by atoms with Crippen LogP contribution in [0.1, 0.15) is 0 Å². The first kappa shape index (κ1) is 8.47. The van der Waals surface area contributed by atoms with E-state index in [0.29, 0.717) is 15.7 Å². The summed E-state index contributed by atoms with van der Waals surface area (Å²) in [5.41, 5.74) is 0.666.